The predicted molar refractivity (Wildman–Crippen MR) is 65.3 cm³/mol. The molecule has 0 aliphatic heterocycles. The zero-order valence-corrected chi connectivity index (χ0v) is 13.8. The largest absolute Gasteiger partial charge is 0.462 e. The van der Waals surface area contributed by atoms with E-state index in [2.05, 4.69) is 9.47 Å². The zero-order valence-electron chi connectivity index (χ0n) is 13.8. The minimum Gasteiger partial charge on any atom is -0.462 e. The summed E-state index contributed by atoms with van der Waals surface area (Å²) in [6.45, 7) is -0.00166. The van der Waals surface area contributed by atoms with Gasteiger partial charge in [-0.2, -0.15) is 43.9 Å². The molecule has 28 heavy (non-hydrogen) atoms. The first-order valence-electron chi connectivity index (χ1n) is 7.17. The van der Waals surface area contributed by atoms with Crippen LogP contribution in [0.15, 0.2) is 0 Å². The van der Waals surface area contributed by atoms with Gasteiger partial charge in [-0.25, -0.2) is 9.18 Å². The molecule has 0 saturated heterocycles. The van der Waals surface area contributed by atoms with Crippen LogP contribution in [0.5, 0.6) is 0 Å². The minimum absolute atomic E-state index is 0.783. The molecule has 15 heteroatoms. The molecule has 0 bridgehead atoms. The van der Waals surface area contributed by atoms with Crippen LogP contribution in [-0.2, 0) is 19.1 Å². The Balaban J connectivity index is 3.26. The summed E-state index contributed by atoms with van der Waals surface area (Å²) in [7, 11) is 0. The maximum atomic E-state index is 14.2. The van der Waals surface area contributed by atoms with Crippen molar-refractivity contribution in [2.75, 3.05) is 13.2 Å². The molecule has 1 rings (SSSR count). The van der Waals surface area contributed by atoms with Crippen molar-refractivity contribution in [3.63, 3.8) is 0 Å². The SMILES string of the molecule is CC(C)C(=O)OCCOC(=O)C1(F)C(F)(F)C(F)(F)C(F)(F)C(F)(F)C1(F)F. The molecule has 0 spiro atoms. The number of ether oxygens (including phenoxy) is 2. The topological polar surface area (TPSA) is 52.6 Å². The normalized spacial score (nSPS) is 25.8. The number of carbonyl (C=O) groups is 2. The van der Waals surface area contributed by atoms with Gasteiger partial charge in [0.2, 0.25) is 0 Å². The quantitative estimate of drug-likeness (QED) is 0.373. The van der Waals surface area contributed by atoms with Crippen LogP contribution in [0.3, 0.4) is 0 Å². The molecule has 0 aromatic carbocycles. The van der Waals surface area contributed by atoms with Gasteiger partial charge >= 0.3 is 47.2 Å². The van der Waals surface area contributed by atoms with E-state index in [1.165, 1.54) is 13.8 Å². The number of alkyl halides is 11. The molecule has 0 amide bonds. The average molecular weight is 440 g/mol. The Morgan fingerprint density at radius 2 is 0.964 bits per heavy atom. The lowest BCUT2D eigenvalue weighted by molar-refractivity contribution is -0.478. The van der Waals surface area contributed by atoms with Gasteiger partial charge in [0, 0.05) is 0 Å². The van der Waals surface area contributed by atoms with Gasteiger partial charge in [-0.15, -0.1) is 0 Å². The highest BCUT2D eigenvalue weighted by Crippen LogP contribution is 2.69. The molecule has 1 aliphatic rings. The monoisotopic (exact) mass is 440 g/mol. The molecule has 0 aromatic heterocycles. The van der Waals surface area contributed by atoms with E-state index in [1.54, 1.807) is 0 Å². The van der Waals surface area contributed by atoms with E-state index in [0.29, 0.717) is 0 Å². The second-order valence-corrected chi connectivity index (χ2v) is 5.99. The van der Waals surface area contributed by atoms with Gasteiger partial charge in [-0.05, 0) is 0 Å². The number of esters is 2. The first kappa shape index (κ1) is 24.2. The number of hydrogen-bond donors (Lipinski definition) is 0. The summed E-state index contributed by atoms with van der Waals surface area (Å²) in [5.41, 5.74) is -6.86. The second kappa shape index (κ2) is 6.61. The molecule has 0 unspecified atom stereocenters. The molecule has 0 atom stereocenters. The first-order chi connectivity index (χ1) is 12.2. The number of hydrogen-bond acceptors (Lipinski definition) is 4. The van der Waals surface area contributed by atoms with E-state index < -0.39 is 66.4 Å². The third-order valence-electron chi connectivity index (χ3n) is 3.76. The minimum atomic E-state index is -7.42. The van der Waals surface area contributed by atoms with E-state index in [9.17, 15) is 57.9 Å². The van der Waals surface area contributed by atoms with E-state index >= 15 is 0 Å². The van der Waals surface area contributed by atoms with Gasteiger partial charge in [0.05, 0.1) is 5.92 Å². The van der Waals surface area contributed by atoms with Gasteiger partial charge in [0.25, 0.3) is 0 Å². The second-order valence-electron chi connectivity index (χ2n) is 5.99. The molecule has 1 fully saturated rings. The Morgan fingerprint density at radius 1 is 0.643 bits per heavy atom. The first-order valence-corrected chi connectivity index (χ1v) is 7.17. The van der Waals surface area contributed by atoms with E-state index in [4.69, 9.17) is 0 Å². The number of carbonyl (C=O) groups excluding carboxylic acids is 2. The lowest BCUT2D eigenvalue weighted by Gasteiger charge is -2.50. The fourth-order valence-corrected chi connectivity index (χ4v) is 2.02. The molecular weight excluding hydrogens is 429 g/mol. The standard InChI is InChI=1S/C13H11F11O4/c1-5(2)6(25)27-3-4-28-7(26)8(14)9(15,16)11(19,20)13(23,24)12(21,22)10(8,17)18/h5H,3-4H2,1-2H3. The third kappa shape index (κ3) is 2.71. The summed E-state index contributed by atoms with van der Waals surface area (Å²) in [6, 6.07) is 0. The molecule has 1 aliphatic carbocycles. The van der Waals surface area contributed by atoms with Crippen LogP contribution >= 0.6 is 0 Å². The summed E-state index contributed by atoms with van der Waals surface area (Å²) in [5, 5.41) is 0. The maximum Gasteiger partial charge on any atom is 0.384 e. The van der Waals surface area contributed by atoms with Crippen molar-refractivity contribution in [1.82, 2.24) is 0 Å². The third-order valence-corrected chi connectivity index (χ3v) is 3.76. The molecule has 164 valence electrons. The highest BCUT2D eigenvalue weighted by Gasteiger charge is 3.03. The zero-order chi connectivity index (χ0) is 22.6. The lowest BCUT2D eigenvalue weighted by Crippen LogP contribution is -2.85. The van der Waals surface area contributed by atoms with Crippen LogP contribution in [0.2, 0.25) is 0 Å². The van der Waals surface area contributed by atoms with Crippen molar-refractivity contribution in [3.8, 4) is 0 Å². The van der Waals surface area contributed by atoms with Gasteiger partial charge in [0.1, 0.15) is 13.2 Å². The molecule has 0 aromatic rings. The average Bonchev–Trinajstić information content (AvgIpc) is 2.55. The van der Waals surface area contributed by atoms with Crippen LogP contribution in [0.4, 0.5) is 48.3 Å². The molecule has 4 nitrogen and oxygen atoms in total. The van der Waals surface area contributed by atoms with Gasteiger partial charge in [-0.3, -0.25) is 4.79 Å². The molecule has 0 heterocycles. The van der Waals surface area contributed by atoms with Crippen LogP contribution in [-0.4, -0.2) is 60.4 Å². The van der Waals surface area contributed by atoms with Crippen molar-refractivity contribution >= 4 is 11.9 Å². The predicted octanol–water partition coefficient (Wildman–Crippen LogP) is 3.63. The Labute approximate surface area is 148 Å². The Kier molecular flexibility index (Phi) is 5.71. The molecule has 0 N–H and O–H groups in total. The van der Waals surface area contributed by atoms with Crippen LogP contribution in [0.25, 0.3) is 0 Å². The van der Waals surface area contributed by atoms with Crippen molar-refractivity contribution in [3.05, 3.63) is 0 Å². The highest BCUT2D eigenvalue weighted by molar-refractivity contribution is 5.84. The summed E-state index contributed by atoms with van der Waals surface area (Å²) in [6.07, 6.45) is 0. The fraction of sp³-hybridized carbons (Fsp3) is 0.846. The molecule has 1 saturated carbocycles. The molecular formula is C13H11F11O4. The van der Waals surface area contributed by atoms with Crippen molar-refractivity contribution in [2.24, 2.45) is 5.92 Å². The fourth-order valence-electron chi connectivity index (χ4n) is 2.02. The lowest BCUT2D eigenvalue weighted by atomic mass is 9.72. The van der Waals surface area contributed by atoms with E-state index in [1.807, 2.05) is 0 Å². The van der Waals surface area contributed by atoms with Gasteiger partial charge in [0.15, 0.2) is 0 Å². The Hall–Kier alpha value is -1.83. The summed E-state index contributed by atoms with van der Waals surface area (Å²) >= 11 is 0. The highest BCUT2D eigenvalue weighted by atomic mass is 19.4. The molecule has 0 radical (unpaired) electrons. The van der Waals surface area contributed by atoms with Crippen molar-refractivity contribution < 1.29 is 67.4 Å². The summed E-state index contributed by atoms with van der Waals surface area (Å²) < 4.78 is 155. The van der Waals surface area contributed by atoms with Gasteiger partial charge < -0.3 is 9.47 Å². The number of halogens is 11. The Morgan fingerprint density at radius 3 is 1.32 bits per heavy atom. The maximum absolute atomic E-state index is 14.2. The summed E-state index contributed by atoms with van der Waals surface area (Å²) in [5.74, 6) is -42.3. The smallest absolute Gasteiger partial charge is 0.384 e. The van der Waals surface area contributed by atoms with E-state index in [0.717, 1.165) is 0 Å². The summed E-state index contributed by atoms with van der Waals surface area (Å²) in [4.78, 5) is 22.3. The van der Waals surface area contributed by atoms with E-state index in [-0.39, 0.29) is 0 Å². The Bertz CT molecular complexity index is 614. The number of rotatable bonds is 5. The van der Waals surface area contributed by atoms with Crippen LogP contribution in [0.1, 0.15) is 13.8 Å². The van der Waals surface area contributed by atoms with Crippen LogP contribution < -0.4 is 0 Å². The van der Waals surface area contributed by atoms with Crippen molar-refractivity contribution in [1.29, 1.82) is 0 Å². The van der Waals surface area contributed by atoms with Crippen molar-refractivity contribution in [2.45, 2.75) is 49.1 Å². The van der Waals surface area contributed by atoms with Crippen LogP contribution in [0, 0.1) is 5.92 Å². The van der Waals surface area contributed by atoms with Gasteiger partial charge in [-0.1, -0.05) is 13.8 Å².